The van der Waals surface area contributed by atoms with E-state index in [9.17, 15) is 13.6 Å². The molecule has 11 heteroatoms. The number of nitrogens with zero attached hydrogens (tertiary/aromatic N) is 1. The Labute approximate surface area is 191 Å². The molecule has 0 aliphatic heterocycles. The van der Waals surface area contributed by atoms with Crippen LogP contribution in [-0.4, -0.2) is 29.0 Å². The van der Waals surface area contributed by atoms with Crippen LogP contribution in [0.2, 0.25) is 10.0 Å². The van der Waals surface area contributed by atoms with Crippen molar-refractivity contribution in [1.82, 2.24) is 0 Å². The van der Waals surface area contributed by atoms with Gasteiger partial charge < -0.3 is 14.8 Å². The van der Waals surface area contributed by atoms with Gasteiger partial charge in [0.05, 0.1) is 21.7 Å². The molecule has 0 aliphatic carbocycles. The predicted octanol–water partition coefficient (Wildman–Crippen LogP) is 7.17. The number of nitrogens with one attached hydrogen (secondary N) is 1. The lowest BCUT2D eigenvalue weighted by atomic mass is 10.2. The summed E-state index contributed by atoms with van der Waals surface area (Å²) in [5.74, 6) is -0.257. The van der Waals surface area contributed by atoms with Crippen LogP contribution in [0.1, 0.15) is 19.4 Å². The lowest BCUT2D eigenvalue weighted by Crippen LogP contribution is -2.32. The Morgan fingerprint density at radius 3 is 2.13 bits per heavy atom. The van der Waals surface area contributed by atoms with E-state index in [2.05, 4.69) is 15.0 Å². The molecule has 5 nitrogen and oxygen atoms in total. The Morgan fingerprint density at radius 2 is 1.63 bits per heavy atom. The molecule has 30 heavy (non-hydrogen) atoms. The van der Waals surface area contributed by atoms with Crippen molar-refractivity contribution in [3.8, 4) is 5.75 Å². The minimum Gasteiger partial charge on any atom is -0.474 e. The van der Waals surface area contributed by atoms with Crippen LogP contribution in [0, 0.1) is 0 Å². The van der Waals surface area contributed by atoms with E-state index in [1.165, 1.54) is 24.3 Å². The number of hydrogen-bond acceptors (Lipinski definition) is 3. The summed E-state index contributed by atoms with van der Waals surface area (Å²) in [6, 6.07) is 9.11. The molecule has 0 saturated carbocycles. The van der Waals surface area contributed by atoms with E-state index in [-0.39, 0.29) is 39.0 Å². The molecule has 2 aromatic carbocycles. The second-order valence-electron chi connectivity index (χ2n) is 6.10. The average Bonchev–Trinajstić information content (AvgIpc) is 2.62. The third-order valence-corrected chi connectivity index (χ3v) is 4.48. The fourth-order valence-electron chi connectivity index (χ4n) is 2.12. The summed E-state index contributed by atoms with van der Waals surface area (Å²) in [5, 5.41) is 3.00. The third-order valence-electron chi connectivity index (χ3n) is 3.34. The first-order chi connectivity index (χ1) is 14.0. The van der Waals surface area contributed by atoms with Crippen LogP contribution < -0.4 is 10.1 Å². The van der Waals surface area contributed by atoms with Crippen LogP contribution in [0.4, 0.5) is 19.3 Å². The van der Waals surface area contributed by atoms with Gasteiger partial charge in [0.1, 0.15) is 5.75 Å². The highest BCUT2D eigenvalue weighted by Gasteiger charge is 2.40. The topological polar surface area (TPSA) is 59.9 Å². The van der Waals surface area contributed by atoms with Gasteiger partial charge in [0, 0.05) is 5.69 Å². The molecule has 0 heterocycles. The van der Waals surface area contributed by atoms with Crippen molar-refractivity contribution in [1.29, 1.82) is 0 Å². The molecule has 0 unspecified atom stereocenters. The fraction of sp³-hybridized carbons (Fsp3) is 0.263. The van der Waals surface area contributed by atoms with Gasteiger partial charge in [-0.25, -0.2) is 4.79 Å². The van der Waals surface area contributed by atoms with Crippen molar-refractivity contribution >= 4 is 64.0 Å². The number of alkyl halides is 4. The van der Waals surface area contributed by atoms with E-state index < -0.39 is 17.0 Å². The smallest absolute Gasteiger partial charge is 0.428 e. The van der Waals surface area contributed by atoms with Crippen molar-refractivity contribution in [2.75, 3.05) is 5.32 Å². The van der Waals surface area contributed by atoms with Crippen molar-refractivity contribution < 1.29 is 23.0 Å². The van der Waals surface area contributed by atoms with Gasteiger partial charge in [-0.1, -0.05) is 52.5 Å². The van der Waals surface area contributed by atoms with Crippen molar-refractivity contribution in [2.45, 2.75) is 30.9 Å². The van der Waals surface area contributed by atoms with Gasteiger partial charge in [-0.05, 0) is 50.2 Å². The highest BCUT2D eigenvalue weighted by atomic mass is 35.5. The van der Waals surface area contributed by atoms with E-state index >= 15 is 0 Å². The number of carbonyl (C=O) groups is 1. The molecule has 1 N–H and O–H groups in total. The number of ether oxygens (including phenoxy) is 2. The Kier molecular flexibility index (Phi) is 8.55. The standard InChI is InChI=1S/C19H16Cl4F2N2O3/c1-10(2)29-16(15-13(20)4-3-5-14(15)21)27-18(28)26-11-6-8-12(9-7-11)30-19(24,25)17(22)23/h3-10,17H,1-2H3,(H,26,28)/b27-16-. The number of carbonyl (C=O) groups excluding carboxylic acids is 1. The zero-order valence-electron chi connectivity index (χ0n) is 15.6. The molecule has 2 aromatic rings. The molecular formula is C19H16Cl4F2N2O3. The van der Waals surface area contributed by atoms with E-state index in [1.807, 2.05) is 0 Å². The number of benzene rings is 2. The summed E-state index contributed by atoms with van der Waals surface area (Å²) in [7, 11) is 0. The zero-order valence-corrected chi connectivity index (χ0v) is 18.7. The molecule has 0 bridgehead atoms. The van der Waals surface area contributed by atoms with Gasteiger partial charge >= 0.3 is 12.1 Å². The summed E-state index contributed by atoms with van der Waals surface area (Å²) in [4.78, 5) is 14.2. The van der Waals surface area contributed by atoms with E-state index in [4.69, 9.17) is 51.1 Å². The molecular weight excluding hydrogens is 484 g/mol. The van der Waals surface area contributed by atoms with Gasteiger partial charge in [0.2, 0.25) is 10.7 Å². The summed E-state index contributed by atoms with van der Waals surface area (Å²) in [5.41, 5.74) is 0.536. The number of aliphatic imine (C=N–C) groups is 1. The Bertz CT molecular complexity index is 902. The Balaban J connectivity index is 2.19. The van der Waals surface area contributed by atoms with E-state index in [1.54, 1.807) is 32.0 Å². The molecule has 0 saturated heterocycles. The summed E-state index contributed by atoms with van der Waals surface area (Å²) in [6.45, 7) is 3.50. The van der Waals surface area contributed by atoms with Crippen LogP contribution in [-0.2, 0) is 4.74 Å². The number of rotatable bonds is 6. The minimum absolute atomic E-state index is 0.0621. The molecule has 0 aromatic heterocycles. The first kappa shape index (κ1) is 24.5. The molecule has 0 fully saturated rings. The summed E-state index contributed by atoms with van der Waals surface area (Å²) >= 11 is 22.7. The number of halogens is 6. The molecule has 0 spiro atoms. The third kappa shape index (κ3) is 6.87. The summed E-state index contributed by atoms with van der Waals surface area (Å²) < 4.78 is 36.8. The van der Waals surface area contributed by atoms with Crippen molar-refractivity contribution in [3.63, 3.8) is 0 Å². The molecule has 2 amide bonds. The van der Waals surface area contributed by atoms with Gasteiger partial charge in [0.15, 0.2) is 0 Å². The maximum Gasteiger partial charge on any atom is 0.428 e. The average molecular weight is 500 g/mol. The highest BCUT2D eigenvalue weighted by Crippen LogP contribution is 2.31. The first-order valence-corrected chi connectivity index (χ1v) is 10.1. The molecule has 0 aliphatic rings. The first-order valence-electron chi connectivity index (χ1n) is 8.45. The van der Waals surface area contributed by atoms with Crippen LogP contribution in [0.15, 0.2) is 47.5 Å². The predicted molar refractivity (Wildman–Crippen MR) is 116 cm³/mol. The van der Waals surface area contributed by atoms with Gasteiger partial charge in [-0.2, -0.15) is 13.8 Å². The van der Waals surface area contributed by atoms with Gasteiger partial charge in [-0.15, -0.1) is 0 Å². The normalized spacial score (nSPS) is 12.3. The van der Waals surface area contributed by atoms with Crippen LogP contribution >= 0.6 is 46.4 Å². The van der Waals surface area contributed by atoms with Gasteiger partial charge in [0.25, 0.3) is 0 Å². The Hall–Kier alpha value is -1.80. The number of hydrogen-bond donors (Lipinski definition) is 1. The van der Waals surface area contributed by atoms with Crippen LogP contribution in [0.3, 0.4) is 0 Å². The number of urea groups is 1. The largest absolute Gasteiger partial charge is 0.474 e. The second-order valence-corrected chi connectivity index (χ2v) is 8.01. The van der Waals surface area contributed by atoms with Crippen LogP contribution in [0.25, 0.3) is 0 Å². The SMILES string of the molecule is CC(C)O/C(=N\C(=O)Nc1ccc(OC(F)(F)C(Cl)Cl)cc1)c1c(Cl)cccc1Cl. The molecule has 2 rings (SSSR count). The fourth-order valence-corrected chi connectivity index (χ4v) is 2.77. The summed E-state index contributed by atoms with van der Waals surface area (Å²) in [6.07, 6.45) is -4.08. The van der Waals surface area contributed by atoms with E-state index in [0.717, 1.165) is 0 Å². The Morgan fingerprint density at radius 1 is 1.07 bits per heavy atom. The zero-order chi connectivity index (χ0) is 22.5. The van der Waals surface area contributed by atoms with Crippen LogP contribution in [0.5, 0.6) is 5.75 Å². The second kappa shape index (κ2) is 10.5. The van der Waals surface area contributed by atoms with Crippen molar-refractivity contribution in [2.24, 2.45) is 4.99 Å². The molecule has 0 radical (unpaired) electrons. The molecule has 162 valence electrons. The lowest BCUT2D eigenvalue weighted by molar-refractivity contribution is -0.163. The number of anilines is 1. The maximum atomic E-state index is 13.4. The lowest BCUT2D eigenvalue weighted by Gasteiger charge is -2.18. The quantitative estimate of drug-likeness (QED) is 0.260. The van der Waals surface area contributed by atoms with E-state index in [0.29, 0.717) is 0 Å². The minimum atomic E-state index is -3.77. The monoisotopic (exact) mass is 498 g/mol. The number of amides is 2. The van der Waals surface area contributed by atoms with Crippen molar-refractivity contribution in [3.05, 3.63) is 58.1 Å². The maximum absolute atomic E-state index is 13.4. The molecule has 0 atom stereocenters. The highest BCUT2D eigenvalue weighted by molar-refractivity contribution is 6.44. The van der Waals surface area contributed by atoms with Gasteiger partial charge in [-0.3, -0.25) is 0 Å².